The summed E-state index contributed by atoms with van der Waals surface area (Å²) < 4.78 is 21.8. The van der Waals surface area contributed by atoms with Gasteiger partial charge in [0.05, 0.1) is 36.7 Å². The summed E-state index contributed by atoms with van der Waals surface area (Å²) in [6.07, 6.45) is 6.16. The molecule has 1 aromatic heterocycles. The predicted molar refractivity (Wildman–Crippen MR) is 104 cm³/mol. The van der Waals surface area contributed by atoms with Gasteiger partial charge in [0, 0.05) is 25.2 Å². The minimum atomic E-state index is -0.559. The molecule has 0 radical (unpaired) electrons. The average molecular weight is 397 g/mol. The lowest BCUT2D eigenvalue weighted by molar-refractivity contribution is -0.119. The van der Waals surface area contributed by atoms with Crippen molar-refractivity contribution in [2.75, 3.05) is 22.9 Å². The van der Waals surface area contributed by atoms with Crippen LogP contribution < -0.4 is 15.1 Å². The fourth-order valence-corrected chi connectivity index (χ4v) is 3.57. The Morgan fingerprint density at radius 1 is 1.45 bits per heavy atom. The summed E-state index contributed by atoms with van der Waals surface area (Å²) >= 11 is 0. The highest BCUT2D eigenvalue weighted by atomic mass is 19.1. The van der Waals surface area contributed by atoms with Crippen LogP contribution in [0.2, 0.25) is 0 Å². The Hall–Kier alpha value is -3.54. The Balaban J connectivity index is 1.45. The van der Waals surface area contributed by atoms with Crippen LogP contribution in [0.5, 0.6) is 0 Å². The third-order valence-electron chi connectivity index (χ3n) is 4.92. The number of hydrogen-bond donors (Lipinski definition) is 1. The van der Waals surface area contributed by atoms with Gasteiger partial charge in [-0.05, 0) is 18.2 Å². The van der Waals surface area contributed by atoms with Crippen molar-refractivity contribution in [1.82, 2.24) is 15.1 Å². The largest absolute Gasteiger partial charge is 0.442 e. The van der Waals surface area contributed by atoms with Crippen molar-refractivity contribution in [2.45, 2.75) is 32.7 Å². The van der Waals surface area contributed by atoms with E-state index in [-0.39, 0.29) is 19.0 Å². The zero-order valence-electron chi connectivity index (χ0n) is 15.9. The van der Waals surface area contributed by atoms with Crippen LogP contribution in [-0.2, 0) is 29.2 Å². The number of carbonyl (C=O) groups is 2. The minimum absolute atomic E-state index is 0.201. The topological polar surface area (TPSA) is 79.7 Å². The molecule has 150 valence electrons. The van der Waals surface area contributed by atoms with Gasteiger partial charge in [0.25, 0.3) is 0 Å². The Morgan fingerprint density at radius 3 is 2.97 bits per heavy atom. The van der Waals surface area contributed by atoms with Gasteiger partial charge in [-0.3, -0.25) is 14.4 Å². The maximum Gasteiger partial charge on any atom is 0.414 e. The zero-order chi connectivity index (χ0) is 20.5. The molecule has 29 heavy (non-hydrogen) atoms. The third-order valence-corrected chi connectivity index (χ3v) is 4.92. The van der Waals surface area contributed by atoms with Crippen molar-refractivity contribution in [3.63, 3.8) is 0 Å². The molecule has 3 heterocycles. The van der Waals surface area contributed by atoms with Crippen molar-refractivity contribution in [3.05, 3.63) is 41.5 Å². The number of nitrogens with zero attached hydrogens (tertiary/aromatic N) is 4. The number of benzene rings is 1. The molecular formula is C20H20FN5O3. The number of amides is 2. The van der Waals surface area contributed by atoms with Gasteiger partial charge in [0.1, 0.15) is 18.5 Å². The molecule has 1 unspecified atom stereocenters. The molecule has 9 heteroatoms. The quantitative estimate of drug-likeness (QED) is 0.776. The lowest BCUT2D eigenvalue weighted by atomic mass is 10.2. The minimum Gasteiger partial charge on any atom is -0.442 e. The summed E-state index contributed by atoms with van der Waals surface area (Å²) in [6.45, 7) is 3.30. The van der Waals surface area contributed by atoms with Gasteiger partial charge < -0.3 is 15.0 Å². The smallest absolute Gasteiger partial charge is 0.414 e. The molecule has 8 nitrogen and oxygen atoms in total. The first-order chi connectivity index (χ1) is 13.9. The molecular weight excluding hydrogens is 377 g/mol. The SMILES string of the molecule is C#CCn1cc2c(n1)CN(c1ccc(N3CC(CNC(C)=O)OC3=O)cc1F)C2. The number of terminal acetylenes is 1. The fourth-order valence-electron chi connectivity index (χ4n) is 3.57. The molecule has 0 spiro atoms. The number of nitrogens with one attached hydrogen (secondary N) is 1. The summed E-state index contributed by atoms with van der Waals surface area (Å²) in [6, 6.07) is 4.67. The van der Waals surface area contributed by atoms with Crippen LogP contribution in [0.15, 0.2) is 24.4 Å². The van der Waals surface area contributed by atoms with E-state index in [2.05, 4.69) is 16.3 Å². The van der Waals surface area contributed by atoms with Gasteiger partial charge in [0.2, 0.25) is 5.91 Å². The van der Waals surface area contributed by atoms with Gasteiger partial charge in [-0.2, -0.15) is 5.10 Å². The number of ether oxygens (including phenoxy) is 1. The summed E-state index contributed by atoms with van der Waals surface area (Å²) in [5.74, 6) is 1.91. The highest BCUT2D eigenvalue weighted by molar-refractivity contribution is 5.90. The molecule has 2 amide bonds. The first kappa shape index (κ1) is 18.8. The normalized spacial score (nSPS) is 17.8. The molecule has 0 saturated carbocycles. The number of aromatic nitrogens is 2. The number of anilines is 2. The summed E-state index contributed by atoms with van der Waals surface area (Å²) in [7, 11) is 0. The standard InChI is InChI=1S/C20H20FN5O3/c1-3-6-25-10-14-9-24(12-18(14)23-25)19-5-4-15(7-17(19)21)26-11-16(29-20(26)28)8-22-13(2)27/h1,4-5,7,10,16H,6,8-9,11-12H2,2H3,(H,22,27). The Bertz CT molecular complexity index is 989. The van der Waals surface area contributed by atoms with Crippen molar-refractivity contribution >= 4 is 23.4 Å². The van der Waals surface area contributed by atoms with E-state index in [1.54, 1.807) is 16.8 Å². The predicted octanol–water partition coefficient (Wildman–Crippen LogP) is 1.64. The maximum atomic E-state index is 14.8. The van der Waals surface area contributed by atoms with Crippen LogP contribution in [0.4, 0.5) is 20.6 Å². The van der Waals surface area contributed by atoms with Gasteiger partial charge in [0.15, 0.2) is 0 Å². The van der Waals surface area contributed by atoms with E-state index in [4.69, 9.17) is 11.2 Å². The molecule has 1 fully saturated rings. The van der Waals surface area contributed by atoms with Crippen molar-refractivity contribution in [2.24, 2.45) is 0 Å². The van der Waals surface area contributed by atoms with Crippen LogP contribution in [-0.4, -0.2) is 41.0 Å². The molecule has 4 rings (SSSR count). The van der Waals surface area contributed by atoms with E-state index in [9.17, 15) is 14.0 Å². The molecule has 1 N–H and O–H groups in total. The number of halogens is 1. The molecule has 2 aliphatic heterocycles. The first-order valence-corrected chi connectivity index (χ1v) is 9.20. The lowest BCUT2D eigenvalue weighted by Gasteiger charge is -2.20. The Kier molecular flexibility index (Phi) is 4.84. The van der Waals surface area contributed by atoms with E-state index < -0.39 is 18.0 Å². The second-order valence-electron chi connectivity index (χ2n) is 7.05. The van der Waals surface area contributed by atoms with E-state index in [1.807, 2.05) is 11.1 Å². The molecule has 2 aromatic rings. The summed E-state index contributed by atoms with van der Waals surface area (Å²) in [5, 5.41) is 7.04. The second kappa shape index (κ2) is 7.47. The lowest BCUT2D eigenvalue weighted by Crippen LogP contribution is -2.33. The number of rotatable bonds is 5. The summed E-state index contributed by atoms with van der Waals surface area (Å²) in [4.78, 5) is 26.4. The number of hydrogen-bond acceptors (Lipinski definition) is 5. The molecule has 1 aromatic carbocycles. The van der Waals surface area contributed by atoms with Crippen LogP contribution >= 0.6 is 0 Å². The van der Waals surface area contributed by atoms with E-state index >= 15 is 0 Å². The fraction of sp³-hybridized carbons (Fsp3) is 0.350. The van der Waals surface area contributed by atoms with Gasteiger partial charge in [-0.25, -0.2) is 9.18 Å². The Morgan fingerprint density at radius 2 is 2.28 bits per heavy atom. The Labute approximate surface area is 167 Å². The van der Waals surface area contributed by atoms with Gasteiger partial charge in [-0.15, -0.1) is 6.42 Å². The number of carbonyl (C=O) groups excluding carboxylic acids is 2. The van der Waals surface area contributed by atoms with Crippen molar-refractivity contribution < 1.29 is 18.7 Å². The molecule has 1 saturated heterocycles. The highest BCUT2D eigenvalue weighted by Gasteiger charge is 2.33. The first-order valence-electron chi connectivity index (χ1n) is 9.20. The monoisotopic (exact) mass is 397 g/mol. The maximum absolute atomic E-state index is 14.8. The van der Waals surface area contributed by atoms with Crippen LogP contribution in [0.3, 0.4) is 0 Å². The van der Waals surface area contributed by atoms with Crippen LogP contribution in [0.1, 0.15) is 18.2 Å². The summed E-state index contributed by atoms with van der Waals surface area (Å²) in [5.41, 5.74) is 2.76. The van der Waals surface area contributed by atoms with Crippen LogP contribution in [0, 0.1) is 18.2 Å². The van der Waals surface area contributed by atoms with Crippen molar-refractivity contribution in [1.29, 1.82) is 0 Å². The van der Waals surface area contributed by atoms with Gasteiger partial charge in [-0.1, -0.05) is 5.92 Å². The number of fused-ring (bicyclic) bond motifs is 1. The van der Waals surface area contributed by atoms with E-state index in [0.717, 1.165) is 11.3 Å². The molecule has 2 aliphatic rings. The zero-order valence-corrected chi connectivity index (χ0v) is 15.9. The van der Waals surface area contributed by atoms with Crippen molar-refractivity contribution in [3.8, 4) is 12.3 Å². The van der Waals surface area contributed by atoms with E-state index in [0.29, 0.717) is 31.0 Å². The highest BCUT2D eigenvalue weighted by Crippen LogP contribution is 2.32. The average Bonchev–Trinajstić information content (AvgIpc) is 3.33. The van der Waals surface area contributed by atoms with Crippen LogP contribution in [0.25, 0.3) is 0 Å². The molecule has 0 bridgehead atoms. The van der Waals surface area contributed by atoms with E-state index in [1.165, 1.54) is 17.9 Å². The number of cyclic esters (lactones) is 1. The van der Waals surface area contributed by atoms with Gasteiger partial charge >= 0.3 is 6.09 Å². The third kappa shape index (κ3) is 3.74. The second-order valence-corrected chi connectivity index (χ2v) is 7.05. The molecule has 1 atom stereocenters. The molecule has 0 aliphatic carbocycles.